The van der Waals surface area contributed by atoms with Crippen molar-refractivity contribution in [1.82, 2.24) is 9.97 Å². The molecule has 0 spiro atoms. The molecule has 23 heavy (non-hydrogen) atoms. The van der Waals surface area contributed by atoms with E-state index in [0.29, 0.717) is 23.1 Å². The van der Waals surface area contributed by atoms with Crippen molar-refractivity contribution in [2.75, 3.05) is 18.7 Å². The molecule has 3 heterocycles. The molecule has 116 valence electrons. The fraction of sp³-hybridized carbons (Fsp3) is 0.133. The van der Waals surface area contributed by atoms with E-state index in [1.165, 1.54) is 17.7 Å². The minimum Gasteiger partial charge on any atom is -0.467 e. The molecule has 8 heteroatoms. The van der Waals surface area contributed by atoms with Crippen LogP contribution in [0.2, 0.25) is 0 Å². The van der Waals surface area contributed by atoms with Crippen molar-refractivity contribution in [1.29, 1.82) is 0 Å². The van der Waals surface area contributed by atoms with Gasteiger partial charge in [0.25, 0.3) is 5.91 Å². The zero-order valence-electron chi connectivity index (χ0n) is 11.8. The second-order valence-electron chi connectivity index (χ2n) is 4.72. The minimum atomic E-state index is -0.286. The number of fused-ring (bicyclic) bond motifs is 2. The summed E-state index contributed by atoms with van der Waals surface area (Å²) in [6, 6.07) is 7.07. The van der Waals surface area contributed by atoms with Gasteiger partial charge in [-0.25, -0.2) is 9.97 Å². The lowest BCUT2D eigenvalue weighted by Gasteiger charge is -2.08. The van der Waals surface area contributed by atoms with E-state index in [1.54, 1.807) is 18.2 Å². The zero-order valence-corrected chi connectivity index (χ0v) is 12.6. The largest absolute Gasteiger partial charge is 0.467 e. The van der Waals surface area contributed by atoms with Crippen LogP contribution in [0.5, 0.6) is 17.4 Å². The Hall–Kier alpha value is -2.87. The lowest BCUT2D eigenvalue weighted by molar-refractivity contribution is -0.118. The van der Waals surface area contributed by atoms with Gasteiger partial charge in [0, 0.05) is 11.8 Å². The highest BCUT2D eigenvalue weighted by atomic mass is 32.1. The van der Waals surface area contributed by atoms with Crippen LogP contribution in [0, 0.1) is 0 Å². The quantitative estimate of drug-likeness (QED) is 0.791. The zero-order chi connectivity index (χ0) is 15.6. The Bertz CT molecular complexity index is 880. The van der Waals surface area contributed by atoms with Crippen LogP contribution in [-0.2, 0) is 4.79 Å². The average Bonchev–Trinajstić information content (AvgIpc) is 3.21. The summed E-state index contributed by atoms with van der Waals surface area (Å²) in [7, 11) is 0. The van der Waals surface area contributed by atoms with E-state index in [0.717, 1.165) is 10.2 Å². The first kappa shape index (κ1) is 13.8. The topological polar surface area (TPSA) is 82.6 Å². The molecule has 0 aliphatic carbocycles. The van der Waals surface area contributed by atoms with E-state index in [2.05, 4.69) is 15.3 Å². The van der Waals surface area contributed by atoms with Crippen LogP contribution >= 0.6 is 11.3 Å². The molecule has 0 atom stereocenters. The maximum absolute atomic E-state index is 12.0. The van der Waals surface area contributed by atoms with E-state index in [-0.39, 0.29) is 19.3 Å². The standard InChI is InChI=1S/C15H11N3O4S/c19-13(18-9-1-2-11-12(5-9)22-8-21-11)6-20-14-10-3-4-23-15(10)17-7-16-14/h1-5,7H,6,8H2,(H,18,19). The molecule has 1 aliphatic heterocycles. The molecule has 0 fully saturated rings. The van der Waals surface area contributed by atoms with Gasteiger partial charge >= 0.3 is 0 Å². The monoisotopic (exact) mass is 329 g/mol. The molecule has 2 aromatic heterocycles. The molecule has 0 saturated heterocycles. The number of amides is 1. The molecule has 1 N–H and O–H groups in total. The summed E-state index contributed by atoms with van der Waals surface area (Å²) in [5.41, 5.74) is 0.617. The van der Waals surface area contributed by atoms with Crippen molar-refractivity contribution in [3.05, 3.63) is 36.0 Å². The molecule has 3 aromatic rings. The number of rotatable bonds is 4. The number of aromatic nitrogens is 2. The number of ether oxygens (including phenoxy) is 3. The van der Waals surface area contributed by atoms with Gasteiger partial charge in [-0.15, -0.1) is 11.3 Å². The summed E-state index contributed by atoms with van der Waals surface area (Å²) in [5.74, 6) is 1.39. The fourth-order valence-electron chi connectivity index (χ4n) is 2.19. The number of anilines is 1. The fourth-order valence-corrected chi connectivity index (χ4v) is 2.91. The third-order valence-corrected chi connectivity index (χ3v) is 4.04. The van der Waals surface area contributed by atoms with E-state index >= 15 is 0 Å². The van der Waals surface area contributed by atoms with Crippen LogP contribution < -0.4 is 19.5 Å². The highest BCUT2D eigenvalue weighted by Crippen LogP contribution is 2.34. The van der Waals surface area contributed by atoms with Crippen molar-refractivity contribution in [2.45, 2.75) is 0 Å². The first-order chi connectivity index (χ1) is 11.3. The molecule has 0 radical (unpaired) electrons. The van der Waals surface area contributed by atoms with Gasteiger partial charge < -0.3 is 19.5 Å². The van der Waals surface area contributed by atoms with Crippen molar-refractivity contribution in [2.24, 2.45) is 0 Å². The molecule has 4 rings (SSSR count). The first-order valence-electron chi connectivity index (χ1n) is 6.80. The number of hydrogen-bond donors (Lipinski definition) is 1. The van der Waals surface area contributed by atoms with Gasteiger partial charge in [0.05, 0.1) is 5.39 Å². The van der Waals surface area contributed by atoms with Crippen LogP contribution in [0.4, 0.5) is 5.69 Å². The van der Waals surface area contributed by atoms with Gasteiger partial charge in [0.2, 0.25) is 12.7 Å². The number of carbonyl (C=O) groups is 1. The maximum atomic E-state index is 12.0. The molecule has 0 bridgehead atoms. The summed E-state index contributed by atoms with van der Waals surface area (Å²) in [6.07, 6.45) is 1.42. The highest BCUT2D eigenvalue weighted by molar-refractivity contribution is 7.16. The minimum absolute atomic E-state index is 0.142. The van der Waals surface area contributed by atoms with E-state index in [4.69, 9.17) is 14.2 Å². The van der Waals surface area contributed by atoms with E-state index < -0.39 is 0 Å². The van der Waals surface area contributed by atoms with Gasteiger partial charge in [0.1, 0.15) is 11.2 Å². The molecule has 0 saturated carbocycles. The Kier molecular flexibility index (Phi) is 3.43. The van der Waals surface area contributed by atoms with Crippen molar-refractivity contribution < 1.29 is 19.0 Å². The number of carbonyl (C=O) groups excluding carboxylic acids is 1. The molecule has 1 aromatic carbocycles. The summed E-state index contributed by atoms with van der Waals surface area (Å²) in [6.45, 7) is 0.0522. The number of hydrogen-bond acceptors (Lipinski definition) is 7. The van der Waals surface area contributed by atoms with Crippen LogP contribution in [0.15, 0.2) is 36.0 Å². The number of thiophene rings is 1. The Balaban J connectivity index is 1.41. The Labute approximate surface area is 134 Å². The lowest BCUT2D eigenvalue weighted by Crippen LogP contribution is -2.20. The van der Waals surface area contributed by atoms with Gasteiger partial charge in [-0.2, -0.15) is 0 Å². The second-order valence-corrected chi connectivity index (χ2v) is 5.62. The Morgan fingerprint density at radius 2 is 2.17 bits per heavy atom. The first-order valence-corrected chi connectivity index (χ1v) is 7.68. The smallest absolute Gasteiger partial charge is 0.262 e. The average molecular weight is 329 g/mol. The predicted octanol–water partition coefficient (Wildman–Crippen LogP) is 2.44. The van der Waals surface area contributed by atoms with E-state index in [1.807, 2.05) is 11.4 Å². The van der Waals surface area contributed by atoms with Crippen LogP contribution in [0.3, 0.4) is 0 Å². The molecular weight excluding hydrogens is 318 g/mol. The third kappa shape index (κ3) is 2.76. The van der Waals surface area contributed by atoms with Gasteiger partial charge in [-0.1, -0.05) is 0 Å². The maximum Gasteiger partial charge on any atom is 0.262 e. The Morgan fingerprint density at radius 1 is 1.26 bits per heavy atom. The summed E-state index contributed by atoms with van der Waals surface area (Å²) in [5, 5.41) is 5.44. The van der Waals surface area contributed by atoms with Crippen molar-refractivity contribution in [3.8, 4) is 17.4 Å². The summed E-state index contributed by atoms with van der Waals surface area (Å²) < 4.78 is 16.0. The van der Waals surface area contributed by atoms with Gasteiger partial charge in [-0.05, 0) is 23.6 Å². The number of nitrogens with zero attached hydrogens (tertiary/aromatic N) is 2. The summed E-state index contributed by atoms with van der Waals surface area (Å²) >= 11 is 1.49. The van der Waals surface area contributed by atoms with Crippen LogP contribution in [0.1, 0.15) is 0 Å². The Morgan fingerprint density at radius 3 is 3.13 bits per heavy atom. The molecule has 0 unspecified atom stereocenters. The van der Waals surface area contributed by atoms with E-state index in [9.17, 15) is 4.79 Å². The molecular formula is C15H11N3O4S. The van der Waals surface area contributed by atoms with Crippen LogP contribution in [-0.4, -0.2) is 29.3 Å². The normalized spacial score (nSPS) is 12.3. The van der Waals surface area contributed by atoms with Crippen molar-refractivity contribution >= 4 is 33.1 Å². The van der Waals surface area contributed by atoms with Crippen molar-refractivity contribution in [3.63, 3.8) is 0 Å². The lowest BCUT2D eigenvalue weighted by atomic mass is 10.3. The highest BCUT2D eigenvalue weighted by Gasteiger charge is 2.14. The second kappa shape index (κ2) is 5.73. The van der Waals surface area contributed by atoms with Crippen LogP contribution in [0.25, 0.3) is 10.2 Å². The van der Waals surface area contributed by atoms with Gasteiger partial charge in [0.15, 0.2) is 18.1 Å². The third-order valence-electron chi connectivity index (χ3n) is 3.22. The van der Waals surface area contributed by atoms with Gasteiger partial charge in [-0.3, -0.25) is 4.79 Å². The number of nitrogens with one attached hydrogen (secondary N) is 1. The SMILES string of the molecule is O=C(COc1ncnc2sccc12)Nc1ccc2c(c1)OCO2. The number of benzene rings is 1. The summed E-state index contributed by atoms with van der Waals surface area (Å²) in [4.78, 5) is 21.0. The molecule has 7 nitrogen and oxygen atoms in total. The molecule has 1 aliphatic rings. The molecule has 1 amide bonds. The predicted molar refractivity (Wildman–Crippen MR) is 84.1 cm³/mol.